The lowest BCUT2D eigenvalue weighted by Crippen LogP contribution is -2.31. The van der Waals surface area contributed by atoms with Crippen LogP contribution in [-0.2, 0) is 16.1 Å². The van der Waals surface area contributed by atoms with Crippen LogP contribution >= 0.6 is 0 Å². The zero-order valence-electron chi connectivity index (χ0n) is 11.3. The molecule has 100 valence electrons. The van der Waals surface area contributed by atoms with Crippen LogP contribution in [0.15, 0.2) is 30.3 Å². The monoisotopic (exact) mass is 249 g/mol. The van der Waals surface area contributed by atoms with Gasteiger partial charge in [0.15, 0.2) is 0 Å². The average Bonchev–Trinajstić information content (AvgIpc) is 2.38. The van der Waals surface area contributed by atoms with E-state index in [1.54, 1.807) is 0 Å². The van der Waals surface area contributed by atoms with E-state index < -0.39 is 0 Å². The van der Waals surface area contributed by atoms with Crippen molar-refractivity contribution in [2.45, 2.75) is 39.3 Å². The van der Waals surface area contributed by atoms with Gasteiger partial charge in [0, 0.05) is 13.0 Å². The molecule has 1 rings (SSSR count). The molecule has 2 atom stereocenters. The van der Waals surface area contributed by atoms with Gasteiger partial charge in [-0.2, -0.15) is 0 Å². The van der Waals surface area contributed by atoms with Crippen LogP contribution in [0.25, 0.3) is 0 Å². The summed E-state index contributed by atoms with van der Waals surface area (Å²) < 4.78 is 5.60. The van der Waals surface area contributed by atoms with Gasteiger partial charge in [-0.05, 0) is 17.9 Å². The summed E-state index contributed by atoms with van der Waals surface area (Å²) in [4.78, 5) is 11.6. The Kier molecular flexibility index (Phi) is 6.61. The number of benzene rings is 1. The maximum absolute atomic E-state index is 11.6. The molecule has 0 aliphatic rings. The van der Waals surface area contributed by atoms with Crippen LogP contribution in [0.3, 0.4) is 0 Å². The predicted molar refractivity (Wildman–Crippen MR) is 73.2 cm³/mol. The molecule has 3 nitrogen and oxygen atoms in total. The van der Waals surface area contributed by atoms with Crippen LogP contribution in [0, 0.1) is 5.92 Å². The van der Waals surface area contributed by atoms with E-state index in [-0.39, 0.29) is 17.7 Å². The predicted octanol–water partition coefficient (Wildman–Crippen LogP) is 2.54. The van der Waals surface area contributed by atoms with Crippen molar-refractivity contribution < 1.29 is 9.53 Å². The van der Waals surface area contributed by atoms with Crippen LogP contribution in [-0.4, -0.2) is 18.4 Å². The number of rotatable bonds is 8. The third kappa shape index (κ3) is 5.43. The Hall–Kier alpha value is -1.19. The number of hydrogen-bond donors (Lipinski definition) is 1. The number of carbonyl (C=O) groups is 1. The second kappa shape index (κ2) is 8.01. The van der Waals surface area contributed by atoms with Crippen LogP contribution in [0.1, 0.15) is 32.3 Å². The van der Waals surface area contributed by atoms with Gasteiger partial charge in [0.25, 0.3) is 0 Å². The number of Topliss-reactive ketones (excluding diaryl/α,β-unsaturated/α-hetero) is 1. The molecule has 0 bridgehead atoms. The van der Waals surface area contributed by atoms with E-state index in [2.05, 4.69) is 0 Å². The van der Waals surface area contributed by atoms with Gasteiger partial charge in [-0.25, -0.2) is 0 Å². The lowest BCUT2D eigenvalue weighted by molar-refractivity contribution is -0.121. The maximum atomic E-state index is 11.6. The summed E-state index contributed by atoms with van der Waals surface area (Å²) in [6.45, 7) is 5.14. The number of ketones is 1. The standard InChI is InChI=1S/C15H23NO2/c1-3-14(16)15(17)9-12(2)10-18-11-13-7-5-4-6-8-13/h4-8,12,14H,3,9-11,16H2,1-2H3/t12?,14-/m1/s1. The fourth-order valence-electron chi connectivity index (χ4n) is 1.73. The molecule has 2 N–H and O–H groups in total. The highest BCUT2D eigenvalue weighted by Crippen LogP contribution is 2.08. The zero-order chi connectivity index (χ0) is 13.4. The molecule has 0 aliphatic carbocycles. The van der Waals surface area contributed by atoms with Crippen LogP contribution in [0.2, 0.25) is 0 Å². The van der Waals surface area contributed by atoms with Crippen molar-refractivity contribution in [2.75, 3.05) is 6.61 Å². The normalized spacial score (nSPS) is 14.2. The summed E-state index contributed by atoms with van der Waals surface area (Å²) in [6.07, 6.45) is 1.21. The zero-order valence-corrected chi connectivity index (χ0v) is 11.3. The minimum absolute atomic E-state index is 0.133. The molecule has 0 radical (unpaired) electrons. The number of carbonyl (C=O) groups excluding carboxylic acids is 1. The van der Waals surface area contributed by atoms with E-state index in [4.69, 9.17) is 10.5 Å². The largest absolute Gasteiger partial charge is 0.376 e. The van der Waals surface area contributed by atoms with Gasteiger partial charge in [-0.15, -0.1) is 0 Å². The van der Waals surface area contributed by atoms with Crippen molar-refractivity contribution in [3.05, 3.63) is 35.9 Å². The van der Waals surface area contributed by atoms with Crippen molar-refractivity contribution in [3.8, 4) is 0 Å². The lowest BCUT2D eigenvalue weighted by atomic mass is 10.00. The van der Waals surface area contributed by atoms with Crippen LogP contribution < -0.4 is 5.73 Å². The molecule has 1 unspecified atom stereocenters. The highest BCUT2D eigenvalue weighted by atomic mass is 16.5. The Balaban J connectivity index is 2.21. The van der Waals surface area contributed by atoms with Gasteiger partial charge >= 0.3 is 0 Å². The first-order valence-electron chi connectivity index (χ1n) is 6.53. The van der Waals surface area contributed by atoms with Gasteiger partial charge in [-0.3, -0.25) is 4.79 Å². The molecule has 0 aliphatic heterocycles. The maximum Gasteiger partial charge on any atom is 0.149 e. The molecule has 1 aromatic carbocycles. The van der Waals surface area contributed by atoms with Crippen LogP contribution in [0.4, 0.5) is 0 Å². The molecular formula is C15H23NO2. The molecule has 0 spiro atoms. The van der Waals surface area contributed by atoms with E-state index >= 15 is 0 Å². The van der Waals surface area contributed by atoms with Gasteiger partial charge in [-0.1, -0.05) is 44.2 Å². The Bertz CT molecular complexity index is 351. The summed E-state index contributed by atoms with van der Waals surface area (Å²) in [5, 5.41) is 0. The molecule has 18 heavy (non-hydrogen) atoms. The second-order valence-corrected chi connectivity index (χ2v) is 4.79. The molecule has 0 heterocycles. The molecule has 1 aromatic rings. The molecule has 0 saturated heterocycles. The molecular weight excluding hydrogens is 226 g/mol. The smallest absolute Gasteiger partial charge is 0.149 e. The van der Waals surface area contributed by atoms with E-state index in [0.717, 1.165) is 5.56 Å². The Morgan fingerprint density at radius 2 is 2.00 bits per heavy atom. The van der Waals surface area contributed by atoms with Gasteiger partial charge in [0.1, 0.15) is 5.78 Å². The summed E-state index contributed by atoms with van der Waals surface area (Å²) in [5.41, 5.74) is 6.85. The Morgan fingerprint density at radius 1 is 1.33 bits per heavy atom. The summed E-state index contributed by atoms with van der Waals surface area (Å²) >= 11 is 0. The molecule has 0 amide bonds. The highest BCUT2D eigenvalue weighted by molar-refractivity contribution is 5.83. The minimum Gasteiger partial charge on any atom is -0.376 e. The first-order valence-corrected chi connectivity index (χ1v) is 6.53. The number of ether oxygens (including phenoxy) is 1. The molecule has 0 aromatic heterocycles. The van der Waals surface area contributed by atoms with Crippen LogP contribution in [0.5, 0.6) is 0 Å². The lowest BCUT2D eigenvalue weighted by Gasteiger charge is -2.14. The first-order chi connectivity index (χ1) is 8.63. The summed E-state index contributed by atoms with van der Waals surface area (Å²) in [5.74, 6) is 0.354. The van der Waals surface area contributed by atoms with Crippen molar-refractivity contribution >= 4 is 5.78 Å². The van der Waals surface area contributed by atoms with Crippen molar-refractivity contribution in [1.82, 2.24) is 0 Å². The molecule has 0 fully saturated rings. The van der Waals surface area contributed by atoms with Crippen molar-refractivity contribution in [3.63, 3.8) is 0 Å². The average molecular weight is 249 g/mol. The summed E-state index contributed by atoms with van der Waals surface area (Å²) in [6, 6.07) is 9.71. The third-order valence-corrected chi connectivity index (χ3v) is 2.92. The highest BCUT2D eigenvalue weighted by Gasteiger charge is 2.14. The third-order valence-electron chi connectivity index (χ3n) is 2.92. The van der Waals surface area contributed by atoms with Gasteiger partial charge < -0.3 is 10.5 Å². The van der Waals surface area contributed by atoms with E-state index in [1.165, 1.54) is 0 Å². The minimum atomic E-state index is -0.318. The number of nitrogens with two attached hydrogens (primary N) is 1. The SMILES string of the molecule is CC[C@@H](N)C(=O)CC(C)COCc1ccccc1. The first kappa shape index (κ1) is 14.9. The Morgan fingerprint density at radius 3 is 2.61 bits per heavy atom. The second-order valence-electron chi connectivity index (χ2n) is 4.79. The van der Waals surface area contributed by atoms with Crippen molar-refractivity contribution in [2.24, 2.45) is 11.7 Å². The van der Waals surface area contributed by atoms with Gasteiger partial charge in [0.05, 0.1) is 12.6 Å². The summed E-state index contributed by atoms with van der Waals surface area (Å²) in [7, 11) is 0. The van der Waals surface area contributed by atoms with E-state index in [0.29, 0.717) is 26.1 Å². The van der Waals surface area contributed by atoms with Crippen molar-refractivity contribution in [1.29, 1.82) is 0 Å². The fourth-order valence-corrected chi connectivity index (χ4v) is 1.73. The van der Waals surface area contributed by atoms with E-state index in [9.17, 15) is 4.79 Å². The Labute approximate surface area is 109 Å². The van der Waals surface area contributed by atoms with Gasteiger partial charge in [0.2, 0.25) is 0 Å². The topological polar surface area (TPSA) is 52.3 Å². The molecule has 3 heteroatoms. The number of hydrogen-bond acceptors (Lipinski definition) is 3. The molecule has 0 saturated carbocycles. The van der Waals surface area contributed by atoms with E-state index in [1.807, 2.05) is 44.2 Å². The fraction of sp³-hybridized carbons (Fsp3) is 0.533. The quantitative estimate of drug-likeness (QED) is 0.770.